The average Bonchev–Trinajstić information content (AvgIpc) is 2.68. The van der Waals surface area contributed by atoms with Gasteiger partial charge in [0.1, 0.15) is 5.82 Å². The molecular weight excluding hydrogens is 366 g/mol. The van der Waals surface area contributed by atoms with Crippen LogP contribution in [0.3, 0.4) is 0 Å². The second kappa shape index (κ2) is 9.29. The summed E-state index contributed by atoms with van der Waals surface area (Å²) in [5.74, 6) is -0.542. The van der Waals surface area contributed by atoms with Crippen LogP contribution in [-0.2, 0) is 0 Å². The van der Waals surface area contributed by atoms with Crippen LogP contribution in [0.2, 0.25) is 0 Å². The number of carbonyl (C=O) groups excluding carboxylic acids is 1. The first-order chi connectivity index (χ1) is 13.5. The number of hydrogen-bond donors (Lipinski definition) is 3. The second-order valence-corrected chi connectivity index (χ2v) is 6.68. The number of benzene rings is 1. The molecule has 1 aliphatic heterocycles. The van der Waals surface area contributed by atoms with Crippen molar-refractivity contribution in [3.05, 3.63) is 41.6 Å². The maximum atomic E-state index is 13.1. The van der Waals surface area contributed by atoms with Crippen LogP contribution < -0.4 is 20.9 Å². The molecule has 1 aromatic heterocycles. The van der Waals surface area contributed by atoms with Gasteiger partial charge in [-0.1, -0.05) is 0 Å². The van der Waals surface area contributed by atoms with E-state index in [2.05, 4.69) is 30.8 Å². The fourth-order valence-corrected chi connectivity index (χ4v) is 3.02. The summed E-state index contributed by atoms with van der Waals surface area (Å²) in [5, 5.41) is 8.18. The molecule has 0 atom stereocenters. The zero-order valence-electron chi connectivity index (χ0n) is 15.8. The first-order valence-electron chi connectivity index (χ1n) is 9.36. The SMILES string of the molecule is Cc1cc(N2CCCCC2)nc(NCCNC(=O)Nc2ccc(F)c(F)c2)n1. The lowest BCUT2D eigenvalue weighted by Gasteiger charge is -2.28. The van der Waals surface area contributed by atoms with E-state index in [1.54, 1.807) is 0 Å². The highest BCUT2D eigenvalue weighted by atomic mass is 19.2. The van der Waals surface area contributed by atoms with Crippen LogP contribution in [0, 0.1) is 18.6 Å². The van der Waals surface area contributed by atoms with Crippen molar-refractivity contribution in [3.63, 3.8) is 0 Å². The first-order valence-corrected chi connectivity index (χ1v) is 9.36. The molecular formula is C19H24F2N6O. The predicted octanol–water partition coefficient (Wildman–Crippen LogP) is 3.29. The Labute approximate surface area is 162 Å². The molecule has 2 amide bonds. The van der Waals surface area contributed by atoms with E-state index in [1.165, 1.54) is 25.3 Å². The maximum absolute atomic E-state index is 13.1. The molecule has 0 spiro atoms. The Morgan fingerprint density at radius 1 is 1.07 bits per heavy atom. The van der Waals surface area contributed by atoms with Gasteiger partial charge in [0.2, 0.25) is 5.95 Å². The van der Waals surface area contributed by atoms with Crippen molar-refractivity contribution >= 4 is 23.5 Å². The van der Waals surface area contributed by atoms with Crippen molar-refractivity contribution in [1.29, 1.82) is 0 Å². The van der Waals surface area contributed by atoms with Gasteiger partial charge in [0.15, 0.2) is 11.6 Å². The van der Waals surface area contributed by atoms with Crippen LogP contribution in [0.1, 0.15) is 25.0 Å². The van der Waals surface area contributed by atoms with Crippen molar-refractivity contribution in [2.75, 3.05) is 41.7 Å². The summed E-state index contributed by atoms with van der Waals surface area (Å²) in [5.41, 5.74) is 1.06. The number of nitrogens with zero attached hydrogens (tertiary/aromatic N) is 3. The molecule has 3 rings (SSSR count). The van der Waals surface area contributed by atoms with Gasteiger partial charge in [-0.05, 0) is 38.3 Å². The zero-order valence-corrected chi connectivity index (χ0v) is 15.8. The highest BCUT2D eigenvalue weighted by Gasteiger charge is 2.13. The highest BCUT2D eigenvalue weighted by Crippen LogP contribution is 2.19. The lowest BCUT2D eigenvalue weighted by Crippen LogP contribution is -2.33. The average molecular weight is 390 g/mol. The van der Waals surface area contributed by atoms with E-state index in [4.69, 9.17) is 0 Å². The van der Waals surface area contributed by atoms with E-state index in [0.29, 0.717) is 19.0 Å². The third-order valence-corrected chi connectivity index (χ3v) is 4.39. The molecule has 1 fully saturated rings. The topological polar surface area (TPSA) is 82.2 Å². The van der Waals surface area contributed by atoms with Gasteiger partial charge in [0.05, 0.1) is 0 Å². The molecule has 0 bridgehead atoms. The molecule has 0 aliphatic carbocycles. The molecule has 7 nitrogen and oxygen atoms in total. The quantitative estimate of drug-likeness (QED) is 0.660. The number of urea groups is 1. The standard InChI is InChI=1S/C19H24F2N6O/c1-13-11-17(27-9-3-2-4-10-27)26-18(24-13)22-7-8-23-19(28)25-14-5-6-15(20)16(21)12-14/h5-6,11-12H,2-4,7-10H2,1H3,(H,22,24,26)(H2,23,25,28). The summed E-state index contributed by atoms with van der Waals surface area (Å²) in [6.45, 7) is 4.66. The molecule has 1 aliphatic rings. The number of aryl methyl sites for hydroxylation is 1. The Kier molecular flexibility index (Phi) is 6.57. The van der Waals surface area contributed by atoms with Gasteiger partial charge in [-0.3, -0.25) is 0 Å². The van der Waals surface area contributed by atoms with Crippen molar-refractivity contribution in [1.82, 2.24) is 15.3 Å². The number of aromatic nitrogens is 2. The monoisotopic (exact) mass is 390 g/mol. The Hall–Kier alpha value is -2.97. The fourth-order valence-electron chi connectivity index (χ4n) is 3.02. The van der Waals surface area contributed by atoms with E-state index >= 15 is 0 Å². The van der Waals surface area contributed by atoms with Gasteiger partial charge in [-0.2, -0.15) is 4.98 Å². The number of nitrogens with one attached hydrogen (secondary N) is 3. The van der Waals surface area contributed by atoms with Gasteiger partial charge >= 0.3 is 6.03 Å². The normalized spacial score (nSPS) is 13.9. The number of halogens is 2. The van der Waals surface area contributed by atoms with Crippen LogP contribution in [0.5, 0.6) is 0 Å². The maximum Gasteiger partial charge on any atom is 0.319 e. The van der Waals surface area contributed by atoms with E-state index in [1.807, 2.05) is 13.0 Å². The summed E-state index contributed by atoms with van der Waals surface area (Å²) < 4.78 is 26.0. The van der Waals surface area contributed by atoms with E-state index in [0.717, 1.165) is 36.7 Å². The van der Waals surface area contributed by atoms with Gasteiger partial charge in [0.25, 0.3) is 0 Å². The number of rotatable bonds is 6. The highest BCUT2D eigenvalue weighted by molar-refractivity contribution is 5.89. The van der Waals surface area contributed by atoms with Crippen LogP contribution in [-0.4, -0.2) is 42.2 Å². The van der Waals surface area contributed by atoms with Gasteiger partial charge in [-0.25, -0.2) is 18.6 Å². The molecule has 28 heavy (non-hydrogen) atoms. The number of anilines is 3. The molecule has 0 unspecified atom stereocenters. The molecule has 2 aromatic rings. The van der Waals surface area contributed by atoms with Crippen LogP contribution >= 0.6 is 0 Å². The minimum absolute atomic E-state index is 0.178. The summed E-state index contributed by atoms with van der Waals surface area (Å²) in [6.07, 6.45) is 3.59. The minimum atomic E-state index is -1.01. The minimum Gasteiger partial charge on any atom is -0.356 e. The Morgan fingerprint density at radius 2 is 1.86 bits per heavy atom. The molecule has 150 valence electrons. The predicted molar refractivity (Wildman–Crippen MR) is 105 cm³/mol. The van der Waals surface area contributed by atoms with Crippen LogP contribution in [0.25, 0.3) is 0 Å². The Balaban J connectivity index is 1.46. The van der Waals surface area contributed by atoms with Crippen molar-refractivity contribution in [2.45, 2.75) is 26.2 Å². The number of amides is 2. The largest absolute Gasteiger partial charge is 0.356 e. The molecule has 0 radical (unpaired) electrons. The lowest BCUT2D eigenvalue weighted by molar-refractivity contribution is 0.252. The molecule has 1 aromatic carbocycles. The van der Waals surface area contributed by atoms with Crippen LogP contribution in [0.4, 0.5) is 31.0 Å². The molecule has 2 heterocycles. The Morgan fingerprint density at radius 3 is 2.61 bits per heavy atom. The Bertz CT molecular complexity index is 826. The molecule has 3 N–H and O–H groups in total. The molecule has 1 saturated heterocycles. The van der Waals surface area contributed by atoms with Crippen molar-refractivity contribution in [3.8, 4) is 0 Å². The zero-order chi connectivity index (χ0) is 19.9. The third-order valence-electron chi connectivity index (χ3n) is 4.39. The number of piperidine rings is 1. The third kappa shape index (κ3) is 5.51. The lowest BCUT2D eigenvalue weighted by atomic mass is 10.1. The summed E-state index contributed by atoms with van der Waals surface area (Å²) in [7, 11) is 0. The van der Waals surface area contributed by atoms with Crippen molar-refractivity contribution in [2.24, 2.45) is 0 Å². The summed E-state index contributed by atoms with van der Waals surface area (Å²) >= 11 is 0. The van der Waals surface area contributed by atoms with E-state index < -0.39 is 17.7 Å². The van der Waals surface area contributed by atoms with Crippen molar-refractivity contribution < 1.29 is 13.6 Å². The van der Waals surface area contributed by atoms with Gasteiger partial charge in [0, 0.05) is 49.7 Å². The second-order valence-electron chi connectivity index (χ2n) is 6.68. The summed E-state index contributed by atoms with van der Waals surface area (Å²) in [6, 6.07) is 4.65. The molecule has 9 heteroatoms. The molecule has 0 saturated carbocycles. The first kappa shape index (κ1) is 19.8. The van der Waals surface area contributed by atoms with E-state index in [-0.39, 0.29) is 5.69 Å². The summed E-state index contributed by atoms with van der Waals surface area (Å²) in [4.78, 5) is 23.0. The van der Waals surface area contributed by atoms with Gasteiger partial charge < -0.3 is 20.9 Å². The van der Waals surface area contributed by atoms with E-state index in [9.17, 15) is 13.6 Å². The number of hydrogen-bond acceptors (Lipinski definition) is 5. The smallest absolute Gasteiger partial charge is 0.319 e. The fraction of sp³-hybridized carbons (Fsp3) is 0.421. The number of carbonyl (C=O) groups is 1. The van der Waals surface area contributed by atoms with Gasteiger partial charge in [-0.15, -0.1) is 0 Å². The van der Waals surface area contributed by atoms with Crippen LogP contribution in [0.15, 0.2) is 24.3 Å².